The third kappa shape index (κ3) is 2.71. The van der Waals surface area contributed by atoms with Gasteiger partial charge in [-0.15, -0.1) is 5.10 Å². The molecule has 1 unspecified atom stereocenters. The molecule has 0 radical (unpaired) electrons. The maximum absolute atomic E-state index is 12.7. The molecule has 1 fully saturated rings. The summed E-state index contributed by atoms with van der Waals surface area (Å²) in [5, 5.41) is 11.1. The van der Waals surface area contributed by atoms with E-state index >= 15 is 0 Å². The Balaban J connectivity index is 1.82. The van der Waals surface area contributed by atoms with E-state index in [4.69, 9.17) is 5.73 Å². The number of rotatable bonds is 2. The minimum absolute atomic E-state index is 0.0231. The fourth-order valence-electron chi connectivity index (χ4n) is 2.79. The summed E-state index contributed by atoms with van der Waals surface area (Å²) in [5.41, 5.74) is 7.48. The van der Waals surface area contributed by atoms with E-state index in [1.807, 2.05) is 23.1 Å². The standard InChI is InChI=1S/C15H20N6O/c1-15(2)9-20(7-6-13(15)16)14(22)11-4-3-5-12(8-11)21-10-17-18-19-21/h3-5,8,10,13H,6-7,9,16H2,1-2H3. The number of likely N-dealkylation sites (tertiary alicyclic amines) is 1. The Kier molecular flexibility index (Phi) is 3.66. The molecule has 1 aliphatic heterocycles. The molecule has 0 bridgehead atoms. The number of nitrogens with two attached hydrogens (primary N) is 1. The first-order valence-electron chi connectivity index (χ1n) is 7.36. The van der Waals surface area contributed by atoms with Crippen molar-refractivity contribution in [2.45, 2.75) is 26.3 Å². The van der Waals surface area contributed by atoms with E-state index in [0.717, 1.165) is 12.1 Å². The first kappa shape index (κ1) is 14.6. The van der Waals surface area contributed by atoms with Gasteiger partial charge in [-0.3, -0.25) is 4.79 Å². The number of tetrazole rings is 1. The lowest BCUT2D eigenvalue weighted by molar-refractivity contribution is 0.0533. The van der Waals surface area contributed by atoms with Crippen molar-refractivity contribution < 1.29 is 4.79 Å². The van der Waals surface area contributed by atoms with Crippen LogP contribution in [0.25, 0.3) is 5.69 Å². The maximum atomic E-state index is 12.7. The van der Waals surface area contributed by atoms with Crippen LogP contribution in [0.15, 0.2) is 30.6 Å². The Morgan fingerprint density at radius 2 is 2.23 bits per heavy atom. The lowest BCUT2D eigenvalue weighted by Gasteiger charge is -2.42. The van der Waals surface area contributed by atoms with Gasteiger partial charge in [0, 0.05) is 24.7 Å². The van der Waals surface area contributed by atoms with Gasteiger partial charge in [0.05, 0.1) is 5.69 Å². The minimum atomic E-state index is -0.0681. The van der Waals surface area contributed by atoms with E-state index in [1.165, 1.54) is 11.0 Å². The van der Waals surface area contributed by atoms with Crippen molar-refractivity contribution in [1.29, 1.82) is 0 Å². The molecule has 1 aliphatic rings. The summed E-state index contributed by atoms with van der Waals surface area (Å²) in [4.78, 5) is 14.6. The van der Waals surface area contributed by atoms with Gasteiger partial charge in [-0.2, -0.15) is 0 Å². The lowest BCUT2D eigenvalue weighted by atomic mass is 9.79. The van der Waals surface area contributed by atoms with Gasteiger partial charge in [0.2, 0.25) is 0 Å². The van der Waals surface area contributed by atoms with Gasteiger partial charge in [0.25, 0.3) is 5.91 Å². The molecule has 22 heavy (non-hydrogen) atoms. The van der Waals surface area contributed by atoms with Crippen LogP contribution in [0.5, 0.6) is 0 Å². The molecule has 1 aromatic carbocycles. The van der Waals surface area contributed by atoms with E-state index in [1.54, 1.807) is 6.07 Å². The number of carbonyl (C=O) groups is 1. The largest absolute Gasteiger partial charge is 0.338 e. The van der Waals surface area contributed by atoms with Crippen molar-refractivity contribution >= 4 is 5.91 Å². The summed E-state index contributed by atoms with van der Waals surface area (Å²) in [7, 11) is 0. The van der Waals surface area contributed by atoms with E-state index < -0.39 is 0 Å². The van der Waals surface area contributed by atoms with Crippen molar-refractivity contribution in [3.63, 3.8) is 0 Å². The first-order chi connectivity index (χ1) is 10.5. The summed E-state index contributed by atoms with van der Waals surface area (Å²) >= 11 is 0. The van der Waals surface area contributed by atoms with Gasteiger partial charge in [0.1, 0.15) is 6.33 Å². The number of benzene rings is 1. The van der Waals surface area contributed by atoms with Crippen molar-refractivity contribution in [3.8, 4) is 5.69 Å². The highest BCUT2D eigenvalue weighted by atomic mass is 16.2. The van der Waals surface area contributed by atoms with E-state index in [-0.39, 0.29) is 17.4 Å². The zero-order chi connectivity index (χ0) is 15.7. The molecule has 0 spiro atoms. The van der Waals surface area contributed by atoms with Crippen molar-refractivity contribution in [1.82, 2.24) is 25.1 Å². The van der Waals surface area contributed by atoms with E-state index in [0.29, 0.717) is 18.7 Å². The third-order valence-electron chi connectivity index (χ3n) is 4.31. The van der Waals surface area contributed by atoms with E-state index in [9.17, 15) is 4.79 Å². The molecule has 1 atom stereocenters. The second kappa shape index (κ2) is 5.49. The molecule has 116 valence electrons. The van der Waals surface area contributed by atoms with Crippen LogP contribution in [0, 0.1) is 5.41 Å². The van der Waals surface area contributed by atoms with Crippen LogP contribution in [0.2, 0.25) is 0 Å². The fourth-order valence-corrected chi connectivity index (χ4v) is 2.79. The summed E-state index contributed by atoms with van der Waals surface area (Å²) in [6.07, 6.45) is 2.33. The number of aromatic nitrogens is 4. The van der Waals surface area contributed by atoms with Crippen LogP contribution in [-0.4, -0.2) is 50.1 Å². The van der Waals surface area contributed by atoms with Gasteiger partial charge >= 0.3 is 0 Å². The monoisotopic (exact) mass is 300 g/mol. The average Bonchev–Trinajstić information content (AvgIpc) is 3.04. The Hall–Kier alpha value is -2.28. The van der Waals surface area contributed by atoms with Crippen LogP contribution >= 0.6 is 0 Å². The highest BCUT2D eigenvalue weighted by Crippen LogP contribution is 2.28. The summed E-state index contributed by atoms with van der Waals surface area (Å²) in [5.74, 6) is 0.0231. The normalized spacial score (nSPS) is 20.9. The van der Waals surface area contributed by atoms with Gasteiger partial charge in [-0.05, 0) is 40.5 Å². The molecule has 3 rings (SSSR count). The average molecular weight is 300 g/mol. The Morgan fingerprint density at radius 1 is 1.41 bits per heavy atom. The Labute approximate surface area is 129 Å². The van der Waals surface area contributed by atoms with Gasteiger partial charge in [-0.25, -0.2) is 4.68 Å². The Bertz CT molecular complexity index is 666. The van der Waals surface area contributed by atoms with Gasteiger partial charge < -0.3 is 10.6 Å². The number of carbonyl (C=O) groups excluding carboxylic acids is 1. The first-order valence-corrected chi connectivity index (χ1v) is 7.36. The van der Waals surface area contributed by atoms with Gasteiger partial charge in [0.15, 0.2) is 0 Å². The molecule has 1 saturated heterocycles. The molecule has 1 aromatic heterocycles. The SMILES string of the molecule is CC1(C)CN(C(=O)c2cccc(-n3cnnn3)c2)CCC1N. The number of nitrogens with zero attached hydrogens (tertiary/aromatic N) is 5. The van der Waals surface area contributed by atoms with Crippen LogP contribution < -0.4 is 5.73 Å². The fraction of sp³-hybridized carbons (Fsp3) is 0.467. The molecule has 0 saturated carbocycles. The highest BCUT2D eigenvalue weighted by Gasteiger charge is 2.35. The van der Waals surface area contributed by atoms with Crippen LogP contribution in [-0.2, 0) is 0 Å². The third-order valence-corrected chi connectivity index (χ3v) is 4.31. The summed E-state index contributed by atoms with van der Waals surface area (Å²) in [6, 6.07) is 7.45. The number of hydrogen-bond acceptors (Lipinski definition) is 5. The molecule has 7 heteroatoms. The second-order valence-corrected chi connectivity index (χ2v) is 6.42. The molecular formula is C15H20N6O. The predicted molar refractivity (Wildman–Crippen MR) is 81.4 cm³/mol. The molecule has 2 N–H and O–H groups in total. The maximum Gasteiger partial charge on any atom is 0.253 e. The van der Waals surface area contributed by atoms with E-state index in [2.05, 4.69) is 29.4 Å². The molecule has 0 aliphatic carbocycles. The lowest BCUT2D eigenvalue weighted by Crippen LogP contribution is -2.54. The number of hydrogen-bond donors (Lipinski definition) is 1. The van der Waals surface area contributed by atoms with Crippen molar-refractivity contribution in [2.75, 3.05) is 13.1 Å². The number of amides is 1. The van der Waals surface area contributed by atoms with Crippen LogP contribution in [0.1, 0.15) is 30.6 Å². The van der Waals surface area contributed by atoms with Crippen molar-refractivity contribution in [3.05, 3.63) is 36.2 Å². The number of piperidine rings is 1. The Morgan fingerprint density at radius 3 is 2.91 bits per heavy atom. The molecule has 1 amide bonds. The zero-order valence-corrected chi connectivity index (χ0v) is 12.8. The zero-order valence-electron chi connectivity index (χ0n) is 12.8. The highest BCUT2D eigenvalue weighted by molar-refractivity contribution is 5.94. The van der Waals surface area contributed by atoms with Gasteiger partial charge in [-0.1, -0.05) is 19.9 Å². The molecular weight excluding hydrogens is 280 g/mol. The molecule has 7 nitrogen and oxygen atoms in total. The quantitative estimate of drug-likeness (QED) is 0.888. The molecule has 2 aromatic rings. The second-order valence-electron chi connectivity index (χ2n) is 6.42. The smallest absolute Gasteiger partial charge is 0.253 e. The minimum Gasteiger partial charge on any atom is -0.338 e. The van der Waals surface area contributed by atoms with Crippen LogP contribution in [0.4, 0.5) is 0 Å². The van der Waals surface area contributed by atoms with Crippen molar-refractivity contribution in [2.24, 2.45) is 11.1 Å². The predicted octanol–water partition coefficient (Wildman–Crippen LogP) is 0.862. The molecule has 2 heterocycles. The summed E-state index contributed by atoms with van der Waals surface area (Å²) in [6.45, 7) is 5.57. The van der Waals surface area contributed by atoms with Crippen LogP contribution in [0.3, 0.4) is 0 Å². The summed E-state index contributed by atoms with van der Waals surface area (Å²) < 4.78 is 1.53. The topological polar surface area (TPSA) is 89.9 Å².